The van der Waals surface area contributed by atoms with Gasteiger partial charge in [-0.05, 0) is 32.2 Å². The summed E-state index contributed by atoms with van der Waals surface area (Å²) in [5, 5.41) is 7.38. The molecule has 0 aliphatic carbocycles. The lowest BCUT2D eigenvalue weighted by Crippen LogP contribution is -2.45. The van der Waals surface area contributed by atoms with Crippen molar-refractivity contribution in [1.82, 2.24) is 15.1 Å². The first kappa shape index (κ1) is 15.7. The van der Waals surface area contributed by atoms with Crippen molar-refractivity contribution in [1.29, 1.82) is 0 Å². The van der Waals surface area contributed by atoms with Gasteiger partial charge in [-0.1, -0.05) is 20.8 Å². The van der Waals surface area contributed by atoms with Gasteiger partial charge in [-0.15, -0.1) is 0 Å². The van der Waals surface area contributed by atoms with Crippen LogP contribution in [0.2, 0.25) is 0 Å². The first-order valence-electron chi connectivity index (χ1n) is 6.69. The predicted molar refractivity (Wildman–Crippen MR) is 77.1 cm³/mol. The molecule has 0 aliphatic rings. The van der Waals surface area contributed by atoms with Gasteiger partial charge in [0.25, 0.3) is 5.91 Å². The average Bonchev–Trinajstić information content (AvgIpc) is 2.51. The number of nitrogens with one attached hydrogen (secondary N) is 1. The van der Waals surface area contributed by atoms with E-state index in [4.69, 9.17) is 5.73 Å². The molecule has 0 radical (unpaired) electrons. The van der Waals surface area contributed by atoms with E-state index in [1.807, 2.05) is 20.9 Å². The number of amides is 1. The maximum absolute atomic E-state index is 12.4. The van der Waals surface area contributed by atoms with Gasteiger partial charge in [-0.25, -0.2) is 0 Å². The summed E-state index contributed by atoms with van der Waals surface area (Å²) in [5.41, 5.74) is 7.94. The number of carbonyl (C=O) groups excluding carboxylic acids is 1. The van der Waals surface area contributed by atoms with Crippen LogP contribution in [-0.4, -0.2) is 28.3 Å². The number of rotatable bonds is 4. The molecule has 5 heteroatoms. The molecule has 1 aromatic rings. The van der Waals surface area contributed by atoms with Crippen molar-refractivity contribution in [2.75, 3.05) is 6.54 Å². The first-order chi connectivity index (χ1) is 8.68. The van der Waals surface area contributed by atoms with Crippen molar-refractivity contribution >= 4 is 5.91 Å². The molecular formula is C14H26N4O. The highest BCUT2D eigenvalue weighted by Crippen LogP contribution is 2.22. The van der Waals surface area contributed by atoms with E-state index < -0.39 is 0 Å². The number of nitrogens with two attached hydrogens (primary N) is 1. The summed E-state index contributed by atoms with van der Waals surface area (Å²) < 4.78 is 1.74. The largest absolute Gasteiger partial charge is 0.349 e. The van der Waals surface area contributed by atoms with Gasteiger partial charge < -0.3 is 11.1 Å². The molecule has 108 valence electrons. The van der Waals surface area contributed by atoms with E-state index in [0.717, 1.165) is 17.8 Å². The highest BCUT2D eigenvalue weighted by Gasteiger charge is 2.27. The summed E-state index contributed by atoms with van der Waals surface area (Å²) in [5.74, 6) is -0.0588. The lowest BCUT2D eigenvalue weighted by Gasteiger charge is -2.31. The molecule has 1 rings (SSSR count). The summed E-state index contributed by atoms with van der Waals surface area (Å²) in [6.45, 7) is 10.7. The molecule has 1 aromatic heterocycles. The highest BCUT2D eigenvalue weighted by molar-refractivity contribution is 5.96. The summed E-state index contributed by atoms with van der Waals surface area (Å²) in [7, 11) is 1.85. The van der Waals surface area contributed by atoms with E-state index in [-0.39, 0.29) is 17.4 Å². The fourth-order valence-corrected chi connectivity index (χ4v) is 2.22. The van der Waals surface area contributed by atoms with Gasteiger partial charge in [-0.2, -0.15) is 5.10 Å². The molecule has 3 N–H and O–H groups in total. The Balaban J connectivity index is 2.94. The maximum Gasteiger partial charge on any atom is 0.255 e. The van der Waals surface area contributed by atoms with Crippen LogP contribution in [0.4, 0.5) is 0 Å². The Morgan fingerprint density at radius 2 is 2.00 bits per heavy atom. The van der Waals surface area contributed by atoms with Gasteiger partial charge in [0, 0.05) is 18.8 Å². The predicted octanol–water partition coefficient (Wildman–Crippen LogP) is 1.53. The second kappa shape index (κ2) is 5.74. The molecule has 0 aliphatic heterocycles. The molecule has 19 heavy (non-hydrogen) atoms. The molecule has 1 heterocycles. The van der Waals surface area contributed by atoms with Crippen LogP contribution in [0.3, 0.4) is 0 Å². The van der Waals surface area contributed by atoms with Crippen LogP contribution in [0, 0.1) is 19.3 Å². The number of nitrogens with zero attached hydrogens (tertiary/aromatic N) is 2. The van der Waals surface area contributed by atoms with Crippen molar-refractivity contribution in [2.45, 2.75) is 47.1 Å². The quantitative estimate of drug-likeness (QED) is 0.868. The van der Waals surface area contributed by atoms with Crippen LogP contribution < -0.4 is 11.1 Å². The molecule has 5 nitrogen and oxygen atoms in total. The summed E-state index contributed by atoms with van der Waals surface area (Å²) in [6, 6.07) is 0.0593. The summed E-state index contributed by atoms with van der Waals surface area (Å²) in [6.07, 6.45) is 0.771. The van der Waals surface area contributed by atoms with Crippen molar-refractivity contribution in [3.05, 3.63) is 17.0 Å². The third kappa shape index (κ3) is 3.56. The number of aryl methyl sites for hydroxylation is 2. The zero-order valence-corrected chi connectivity index (χ0v) is 12.9. The van der Waals surface area contributed by atoms with Crippen LogP contribution in [0.1, 0.15) is 48.9 Å². The van der Waals surface area contributed by atoms with Crippen molar-refractivity contribution in [3.8, 4) is 0 Å². The summed E-state index contributed by atoms with van der Waals surface area (Å²) >= 11 is 0. The minimum atomic E-state index is -0.0588. The molecule has 0 aromatic carbocycles. The van der Waals surface area contributed by atoms with Gasteiger partial charge in [0.1, 0.15) is 0 Å². The second-order valence-corrected chi connectivity index (χ2v) is 6.14. The molecule has 0 saturated heterocycles. The Hall–Kier alpha value is -1.36. The van der Waals surface area contributed by atoms with Gasteiger partial charge in [0.05, 0.1) is 11.3 Å². The molecule has 0 fully saturated rings. The van der Waals surface area contributed by atoms with Gasteiger partial charge in [0.15, 0.2) is 0 Å². The van der Waals surface area contributed by atoms with Gasteiger partial charge in [-0.3, -0.25) is 9.48 Å². The first-order valence-corrected chi connectivity index (χ1v) is 6.69. The zero-order valence-electron chi connectivity index (χ0n) is 12.9. The minimum absolute atomic E-state index is 0.0148. The van der Waals surface area contributed by atoms with Gasteiger partial charge >= 0.3 is 0 Å². The van der Waals surface area contributed by atoms with Gasteiger partial charge in [0.2, 0.25) is 0 Å². The Labute approximate surface area is 115 Å². The van der Waals surface area contributed by atoms with E-state index in [0.29, 0.717) is 12.1 Å². The fraction of sp³-hybridized carbons (Fsp3) is 0.714. The Bertz CT molecular complexity index is 457. The second-order valence-electron chi connectivity index (χ2n) is 6.14. The van der Waals surface area contributed by atoms with Crippen LogP contribution in [-0.2, 0) is 7.05 Å². The van der Waals surface area contributed by atoms with E-state index in [1.54, 1.807) is 4.68 Å². The molecule has 1 unspecified atom stereocenters. The number of aromatic nitrogens is 2. The zero-order chi connectivity index (χ0) is 14.8. The molecule has 1 amide bonds. The molecule has 0 spiro atoms. The Kier molecular flexibility index (Phi) is 4.74. The maximum atomic E-state index is 12.4. The average molecular weight is 266 g/mol. The molecule has 0 saturated carbocycles. The molecular weight excluding hydrogens is 240 g/mol. The minimum Gasteiger partial charge on any atom is -0.349 e. The van der Waals surface area contributed by atoms with E-state index in [1.165, 1.54) is 0 Å². The Morgan fingerprint density at radius 1 is 1.42 bits per heavy atom. The molecule has 0 bridgehead atoms. The van der Waals surface area contributed by atoms with Crippen LogP contribution in [0.25, 0.3) is 0 Å². The lowest BCUT2D eigenvalue weighted by molar-refractivity contribution is 0.0897. The smallest absolute Gasteiger partial charge is 0.255 e. The fourth-order valence-electron chi connectivity index (χ4n) is 2.22. The summed E-state index contributed by atoms with van der Waals surface area (Å²) in [4.78, 5) is 12.4. The third-order valence-electron chi connectivity index (χ3n) is 3.54. The van der Waals surface area contributed by atoms with Crippen molar-refractivity contribution < 1.29 is 4.79 Å². The topological polar surface area (TPSA) is 72.9 Å². The third-order valence-corrected chi connectivity index (χ3v) is 3.54. The normalized spacial score (nSPS) is 13.4. The lowest BCUT2D eigenvalue weighted by atomic mass is 9.84. The monoisotopic (exact) mass is 266 g/mol. The van der Waals surface area contributed by atoms with Crippen LogP contribution in [0.5, 0.6) is 0 Å². The molecule has 1 atom stereocenters. The highest BCUT2D eigenvalue weighted by atomic mass is 16.1. The SMILES string of the molecule is Cc1nn(C)c(C)c1C(=O)NC(CCN)C(C)(C)C. The van der Waals surface area contributed by atoms with Crippen molar-refractivity contribution in [2.24, 2.45) is 18.2 Å². The van der Waals surface area contributed by atoms with E-state index in [2.05, 4.69) is 31.2 Å². The van der Waals surface area contributed by atoms with Crippen LogP contribution >= 0.6 is 0 Å². The van der Waals surface area contributed by atoms with E-state index in [9.17, 15) is 4.79 Å². The number of carbonyl (C=O) groups is 1. The number of hydrogen-bond donors (Lipinski definition) is 2. The van der Waals surface area contributed by atoms with Crippen LogP contribution in [0.15, 0.2) is 0 Å². The number of hydrogen-bond acceptors (Lipinski definition) is 3. The Morgan fingerprint density at radius 3 is 2.37 bits per heavy atom. The standard InChI is InChI=1S/C14H26N4O/c1-9-12(10(2)18(6)17-9)13(19)16-11(7-8-15)14(3,4)5/h11H,7-8,15H2,1-6H3,(H,16,19). The van der Waals surface area contributed by atoms with E-state index >= 15 is 0 Å². The van der Waals surface area contributed by atoms with Crippen molar-refractivity contribution in [3.63, 3.8) is 0 Å².